The summed E-state index contributed by atoms with van der Waals surface area (Å²) >= 11 is 0. The Morgan fingerprint density at radius 1 is 1.47 bits per heavy atom. The number of hydrogen-bond donors (Lipinski definition) is 2. The molecule has 1 aromatic rings. The first-order chi connectivity index (χ1) is 8.95. The van der Waals surface area contributed by atoms with Crippen LogP contribution in [0.1, 0.15) is 25.5 Å². The molecule has 7 nitrogen and oxygen atoms in total. The van der Waals surface area contributed by atoms with Gasteiger partial charge in [0.15, 0.2) is 0 Å². The third kappa shape index (κ3) is 2.27. The van der Waals surface area contributed by atoms with Crippen LogP contribution in [0.3, 0.4) is 0 Å². The molecule has 2 amide bonds. The van der Waals surface area contributed by atoms with Gasteiger partial charge in [0.05, 0.1) is 17.8 Å². The molecule has 1 unspecified atom stereocenters. The normalized spacial score (nSPS) is 19.3. The number of imide groups is 1. The molecule has 2 rings (SSSR count). The number of nitrogens with zero attached hydrogens (tertiary/aromatic N) is 3. The van der Waals surface area contributed by atoms with E-state index in [1.54, 1.807) is 4.68 Å². The summed E-state index contributed by atoms with van der Waals surface area (Å²) in [6.07, 6.45) is 1.07. The van der Waals surface area contributed by atoms with Gasteiger partial charge in [0.25, 0.3) is 5.91 Å². The van der Waals surface area contributed by atoms with Gasteiger partial charge in [0.1, 0.15) is 11.9 Å². The number of rotatable bonds is 4. The van der Waals surface area contributed by atoms with Crippen LogP contribution in [0.2, 0.25) is 0 Å². The molecule has 0 radical (unpaired) electrons. The molecule has 7 heteroatoms. The van der Waals surface area contributed by atoms with Crippen LogP contribution >= 0.6 is 0 Å². The number of aromatic nitrogens is 2. The predicted molar refractivity (Wildman–Crippen MR) is 71.5 cm³/mol. The maximum Gasteiger partial charge on any atom is 0.251 e. The third-order valence-electron chi connectivity index (χ3n) is 3.30. The van der Waals surface area contributed by atoms with Crippen molar-refractivity contribution in [2.45, 2.75) is 39.3 Å². The summed E-state index contributed by atoms with van der Waals surface area (Å²) in [4.78, 5) is 24.5. The Balaban J connectivity index is 2.24. The summed E-state index contributed by atoms with van der Waals surface area (Å²) < 4.78 is 1.75. The van der Waals surface area contributed by atoms with Crippen molar-refractivity contribution in [2.75, 3.05) is 18.1 Å². The fraction of sp³-hybridized carbons (Fsp3) is 0.583. The second kappa shape index (κ2) is 4.91. The number of likely N-dealkylation sites (N-methyl/N-ethyl adjacent to an activating group) is 1. The molecule has 1 atom stereocenters. The summed E-state index contributed by atoms with van der Waals surface area (Å²) in [6, 6.07) is -0.550. The molecule has 1 fully saturated rings. The molecule has 3 N–H and O–H groups in total. The van der Waals surface area contributed by atoms with Crippen molar-refractivity contribution >= 4 is 23.3 Å². The third-order valence-corrected chi connectivity index (χ3v) is 3.30. The molecule has 0 aliphatic carbocycles. The van der Waals surface area contributed by atoms with Crippen LogP contribution in [-0.4, -0.2) is 39.6 Å². The molecule has 19 heavy (non-hydrogen) atoms. The van der Waals surface area contributed by atoms with E-state index in [0.717, 1.165) is 17.0 Å². The van der Waals surface area contributed by atoms with Gasteiger partial charge in [-0.25, -0.2) is 4.68 Å². The van der Waals surface area contributed by atoms with Crippen LogP contribution in [0.5, 0.6) is 0 Å². The van der Waals surface area contributed by atoms with E-state index in [1.807, 2.05) is 13.8 Å². The monoisotopic (exact) mass is 265 g/mol. The zero-order valence-corrected chi connectivity index (χ0v) is 11.4. The molecule has 104 valence electrons. The van der Waals surface area contributed by atoms with Crippen LogP contribution in [0.15, 0.2) is 0 Å². The molecule has 0 spiro atoms. The highest BCUT2D eigenvalue weighted by atomic mass is 16.2. The highest BCUT2D eigenvalue weighted by molar-refractivity contribution is 6.06. The van der Waals surface area contributed by atoms with Crippen molar-refractivity contribution in [3.8, 4) is 0 Å². The first-order valence-corrected chi connectivity index (χ1v) is 6.35. The molecule has 1 saturated heterocycles. The minimum atomic E-state index is -0.550. The van der Waals surface area contributed by atoms with E-state index in [-0.39, 0.29) is 18.2 Å². The molecule has 1 aromatic heterocycles. The van der Waals surface area contributed by atoms with Crippen LogP contribution in [0, 0.1) is 6.92 Å². The lowest BCUT2D eigenvalue weighted by atomic mass is 10.2. The Morgan fingerprint density at radius 2 is 2.16 bits per heavy atom. The molecule has 2 heterocycles. The zero-order chi connectivity index (χ0) is 14.2. The standard InChI is InChI=1S/C12H19N5O2/c1-4-5-17-11(10(13)7(2)15-17)14-8-6-9(18)16(3)12(8)19/h8,14H,4-6,13H2,1-3H3. The first kappa shape index (κ1) is 13.4. The van der Waals surface area contributed by atoms with E-state index in [1.165, 1.54) is 7.05 Å². The average Bonchev–Trinajstić information content (AvgIpc) is 2.76. The summed E-state index contributed by atoms with van der Waals surface area (Å²) in [7, 11) is 1.49. The lowest BCUT2D eigenvalue weighted by Gasteiger charge is -2.14. The zero-order valence-electron chi connectivity index (χ0n) is 11.4. The molecule has 0 bridgehead atoms. The van der Waals surface area contributed by atoms with E-state index in [9.17, 15) is 9.59 Å². The van der Waals surface area contributed by atoms with Gasteiger partial charge in [-0.3, -0.25) is 14.5 Å². The fourth-order valence-electron chi connectivity index (χ4n) is 2.15. The number of aryl methyl sites for hydroxylation is 2. The second-order valence-corrected chi connectivity index (χ2v) is 4.76. The van der Waals surface area contributed by atoms with Gasteiger partial charge < -0.3 is 11.1 Å². The molecular weight excluding hydrogens is 246 g/mol. The molecule has 1 aliphatic heterocycles. The van der Waals surface area contributed by atoms with Gasteiger partial charge in [-0.15, -0.1) is 0 Å². The van der Waals surface area contributed by atoms with Gasteiger partial charge in [-0.2, -0.15) is 5.10 Å². The fourth-order valence-corrected chi connectivity index (χ4v) is 2.15. The first-order valence-electron chi connectivity index (χ1n) is 6.35. The predicted octanol–water partition coefficient (Wildman–Crippen LogP) is 0.353. The smallest absolute Gasteiger partial charge is 0.251 e. The molecular formula is C12H19N5O2. The molecule has 0 saturated carbocycles. The van der Waals surface area contributed by atoms with E-state index < -0.39 is 6.04 Å². The summed E-state index contributed by atoms with van der Waals surface area (Å²) in [5, 5.41) is 7.38. The van der Waals surface area contributed by atoms with E-state index >= 15 is 0 Å². The summed E-state index contributed by atoms with van der Waals surface area (Å²) in [5.74, 6) is 0.214. The van der Waals surface area contributed by atoms with E-state index in [4.69, 9.17) is 5.73 Å². The van der Waals surface area contributed by atoms with Crippen LogP contribution in [0.25, 0.3) is 0 Å². The largest absolute Gasteiger partial charge is 0.394 e. The van der Waals surface area contributed by atoms with Crippen molar-refractivity contribution in [1.82, 2.24) is 14.7 Å². The minimum Gasteiger partial charge on any atom is -0.394 e. The Hall–Kier alpha value is -2.05. The van der Waals surface area contributed by atoms with Gasteiger partial charge in [0, 0.05) is 13.6 Å². The number of carbonyl (C=O) groups excluding carboxylic acids is 2. The van der Waals surface area contributed by atoms with Crippen LogP contribution < -0.4 is 11.1 Å². The van der Waals surface area contributed by atoms with E-state index in [0.29, 0.717) is 18.1 Å². The molecule has 1 aliphatic rings. The van der Waals surface area contributed by atoms with Gasteiger partial charge in [-0.05, 0) is 13.3 Å². The Labute approximate surface area is 111 Å². The highest BCUT2D eigenvalue weighted by Gasteiger charge is 2.36. The maximum absolute atomic E-state index is 11.9. The lowest BCUT2D eigenvalue weighted by molar-refractivity contribution is -0.136. The SMILES string of the molecule is CCCn1nc(C)c(N)c1NC1CC(=O)N(C)C1=O. The topological polar surface area (TPSA) is 93.2 Å². The second-order valence-electron chi connectivity index (χ2n) is 4.76. The Bertz CT molecular complexity index is 522. The molecule has 0 aromatic carbocycles. The van der Waals surface area contributed by atoms with Gasteiger partial charge >= 0.3 is 0 Å². The number of nitrogen functional groups attached to an aromatic ring is 1. The van der Waals surface area contributed by atoms with E-state index in [2.05, 4.69) is 10.4 Å². The van der Waals surface area contributed by atoms with Crippen molar-refractivity contribution in [2.24, 2.45) is 0 Å². The van der Waals surface area contributed by atoms with Gasteiger partial charge in [-0.1, -0.05) is 6.92 Å². The maximum atomic E-state index is 11.9. The Kier molecular flexibility index (Phi) is 3.46. The average molecular weight is 265 g/mol. The van der Waals surface area contributed by atoms with Crippen molar-refractivity contribution in [1.29, 1.82) is 0 Å². The number of carbonyl (C=O) groups is 2. The summed E-state index contributed by atoms with van der Waals surface area (Å²) in [5.41, 5.74) is 7.22. The Morgan fingerprint density at radius 3 is 2.68 bits per heavy atom. The quantitative estimate of drug-likeness (QED) is 0.766. The number of likely N-dealkylation sites (tertiary alicyclic amines) is 1. The van der Waals surface area contributed by atoms with Crippen molar-refractivity contribution in [3.05, 3.63) is 5.69 Å². The van der Waals surface area contributed by atoms with Crippen molar-refractivity contribution in [3.63, 3.8) is 0 Å². The minimum absolute atomic E-state index is 0.158. The number of amides is 2. The summed E-state index contributed by atoms with van der Waals surface area (Å²) in [6.45, 7) is 4.57. The van der Waals surface area contributed by atoms with Gasteiger partial charge in [0.2, 0.25) is 5.91 Å². The number of anilines is 2. The number of hydrogen-bond acceptors (Lipinski definition) is 5. The van der Waals surface area contributed by atoms with Crippen LogP contribution in [-0.2, 0) is 16.1 Å². The number of nitrogens with two attached hydrogens (primary N) is 1. The lowest BCUT2D eigenvalue weighted by Crippen LogP contribution is -2.32. The highest BCUT2D eigenvalue weighted by Crippen LogP contribution is 2.25. The van der Waals surface area contributed by atoms with Crippen LogP contribution in [0.4, 0.5) is 11.5 Å². The van der Waals surface area contributed by atoms with Crippen molar-refractivity contribution < 1.29 is 9.59 Å². The number of nitrogens with one attached hydrogen (secondary N) is 1.